The Bertz CT molecular complexity index is 724. The van der Waals surface area contributed by atoms with Crippen molar-refractivity contribution >= 4 is 29.4 Å². The summed E-state index contributed by atoms with van der Waals surface area (Å²) in [6.07, 6.45) is 2.81. The molecule has 1 heterocycles. The molecule has 0 spiro atoms. The average molecular weight is 426 g/mol. The molecule has 2 N–H and O–H groups in total. The highest BCUT2D eigenvalue weighted by molar-refractivity contribution is 6.20. The molecule has 0 aromatic heterocycles. The van der Waals surface area contributed by atoms with Crippen molar-refractivity contribution < 1.29 is 24.2 Å². The molecular weight excluding hydrogens is 394 g/mol. The maximum absolute atomic E-state index is 12.0. The van der Waals surface area contributed by atoms with E-state index < -0.39 is 17.9 Å². The highest BCUT2D eigenvalue weighted by atomic mass is 35.5. The second kappa shape index (κ2) is 8.03. The Labute approximate surface area is 177 Å². The second-order valence-electron chi connectivity index (χ2n) is 9.77. The lowest BCUT2D eigenvalue weighted by molar-refractivity contribution is -0.153. The molecule has 0 bridgehead atoms. The Hall–Kier alpha value is -1.40. The third-order valence-corrected chi connectivity index (χ3v) is 7.89. The molecule has 0 radical (unpaired) electrons. The molecule has 29 heavy (non-hydrogen) atoms. The van der Waals surface area contributed by atoms with Crippen LogP contribution in [0.2, 0.25) is 0 Å². The molecule has 1 aliphatic heterocycles. The number of amides is 2. The van der Waals surface area contributed by atoms with Gasteiger partial charge in [0.15, 0.2) is 0 Å². The quantitative estimate of drug-likeness (QED) is 0.306. The molecule has 7 atom stereocenters. The van der Waals surface area contributed by atoms with E-state index in [0.717, 1.165) is 31.3 Å². The molecule has 0 aromatic carbocycles. The number of alkyl halides is 1. The third-order valence-electron chi connectivity index (χ3n) is 7.58. The van der Waals surface area contributed by atoms with Crippen LogP contribution in [0.1, 0.15) is 59.3 Å². The molecule has 6 nitrogen and oxygen atoms in total. The molecular formula is C22H32ClNO5. The van der Waals surface area contributed by atoms with Crippen LogP contribution in [-0.4, -0.2) is 41.0 Å². The van der Waals surface area contributed by atoms with Crippen molar-refractivity contribution in [1.82, 2.24) is 5.32 Å². The highest BCUT2D eigenvalue weighted by Crippen LogP contribution is 2.62. The van der Waals surface area contributed by atoms with Crippen molar-refractivity contribution in [2.24, 2.45) is 28.6 Å². The lowest BCUT2D eigenvalue weighted by Crippen LogP contribution is -2.55. The molecule has 3 aliphatic rings. The van der Waals surface area contributed by atoms with Crippen LogP contribution in [0.25, 0.3) is 0 Å². The second-order valence-corrected chi connectivity index (χ2v) is 10.4. The summed E-state index contributed by atoms with van der Waals surface area (Å²) < 4.78 is 5.42. The summed E-state index contributed by atoms with van der Waals surface area (Å²) in [5.74, 6) is -1.50. The number of aliphatic hydroxyl groups excluding tert-OH is 1. The Morgan fingerprint density at radius 2 is 2.07 bits per heavy atom. The predicted molar refractivity (Wildman–Crippen MR) is 109 cm³/mol. The number of ether oxygens (including phenoxy) is 1. The van der Waals surface area contributed by atoms with E-state index in [2.05, 4.69) is 25.7 Å². The van der Waals surface area contributed by atoms with Gasteiger partial charge in [-0.3, -0.25) is 19.7 Å². The lowest BCUT2D eigenvalue weighted by atomic mass is 9.46. The van der Waals surface area contributed by atoms with Gasteiger partial charge in [-0.2, -0.15) is 0 Å². The molecule has 2 aliphatic carbocycles. The van der Waals surface area contributed by atoms with Gasteiger partial charge in [-0.15, -0.1) is 11.6 Å². The number of rotatable bonds is 5. The van der Waals surface area contributed by atoms with Crippen LogP contribution in [0.4, 0.5) is 0 Å². The normalized spacial score (nSPS) is 40.9. The fraction of sp³-hybridized carbons (Fsp3) is 0.773. The van der Waals surface area contributed by atoms with Crippen LogP contribution in [0.5, 0.6) is 0 Å². The first-order chi connectivity index (χ1) is 13.5. The standard InChI is InChI=1S/C22H32ClNO5/c1-12-5-6-18-21(3,11-29-13(2)25)9-14(23)10-22(18,4)16(12)8-17(26)15-7-19(27)24-20(15)28/h14-18,26H,1,5-11H2,2-4H3,(H,24,27,28). The van der Waals surface area contributed by atoms with E-state index in [1.807, 2.05) is 0 Å². The van der Waals surface area contributed by atoms with Crippen LogP contribution >= 0.6 is 11.6 Å². The number of imide groups is 1. The lowest BCUT2D eigenvalue weighted by Gasteiger charge is -2.60. The number of carbonyl (C=O) groups is 3. The van der Waals surface area contributed by atoms with Crippen molar-refractivity contribution in [1.29, 1.82) is 0 Å². The van der Waals surface area contributed by atoms with Gasteiger partial charge in [0.25, 0.3) is 0 Å². The minimum absolute atomic E-state index is 0.0158. The first-order valence-corrected chi connectivity index (χ1v) is 10.9. The van der Waals surface area contributed by atoms with Gasteiger partial charge in [0, 0.05) is 24.1 Å². The Morgan fingerprint density at radius 1 is 1.38 bits per heavy atom. The number of carbonyl (C=O) groups excluding carboxylic acids is 3. The van der Waals surface area contributed by atoms with E-state index in [9.17, 15) is 19.5 Å². The number of nitrogens with one attached hydrogen (secondary N) is 1. The van der Waals surface area contributed by atoms with Gasteiger partial charge in [0.05, 0.1) is 18.6 Å². The van der Waals surface area contributed by atoms with Crippen LogP contribution < -0.4 is 5.32 Å². The van der Waals surface area contributed by atoms with Gasteiger partial charge < -0.3 is 9.84 Å². The van der Waals surface area contributed by atoms with Crippen molar-refractivity contribution in [3.8, 4) is 0 Å². The molecule has 7 heteroatoms. The summed E-state index contributed by atoms with van der Waals surface area (Å²) in [5.41, 5.74) is 0.582. The predicted octanol–water partition coefficient (Wildman–Crippen LogP) is 2.96. The summed E-state index contributed by atoms with van der Waals surface area (Å²) in [6, 6.07) is 0. The number of hydrogen-bond acceptors (Lipinski definition) is 5. The number of halogens is 1. The average Bonchev–Trinajstić information content (AvgIpc) is 2.94. The van der Waals surface area contributed by atoms with Crippen LogP contribution in [0.15, 0.2) is 12.2 Å². The number of fused-ring (bicyclic) bond motifs is 1. The molecule has 3 fully saturated rings. The smallest absolute Gasteiger partial charge is 0.302 e. The van der Waals surface area contributed by atoms with Crippen molar-refractivity contribution in [3.63, 3.8) is 0 Å². The summed E-state index contributed by atoms with van der Waals surface area (Å²) >= 11 is 6.70. The van der Waals surface area contributed by atoms with E-state index in [4.69, 9.17) is 16.3 Å². The number of esters is 1. The van der Waals surface area contributed by atoms with Gasteiger partial charge in [0.1, 0.15) is 0 Å². The van der Waals surface area contributed by atoms with Gasteiger partial charge in [0.2, 0.25) is 11.8 Å². The monoisotopic (exact) mass is 425 g/mol. The molecule has 7 unspecified atom stereocenters. The van der Waals surface area contributed by atoms with E-state index in [-0.39, 0.29) is 46.3 Å². The fourth-order valence-electron chi connectivity index (χ4n) is 6.32. The number of hydrogen-bond donors (Lipinski definition) is 2. The molecule has 162 valence electrons. The minimum atomic E-state index is -0.908. The minimum Gasteiger partial charge on any atom is -0.465 e. The van der Waals surface area contributed by atoms with E-state index in [1.54, 1.807) is 0 Å². The maximum atomic E-state index is 12.0. The van der Waals surface area contributed by atoms with Crippen LogP contribution in [0, 0.1) is 28.6 Å². The van der Waals surface area contributed by atoms with Gasteiger partial charge in [-0.25, -0.2) is 0 Å². The highest BCUT2D eigenvalue weighted by Gasteiger charge is 2.57. The summed E-state index contributed by atoms with van der Waals surface area (Å²) in [6.45, 7) is 10.4. The van der Waals surface area contributed by atoms with Gasteiger partial charge >= 0.3 is 5.97 Å². The Balaban J connectivity index is 1.85. The van der Waals surface area contributed by atoms with E-state index >= 15 is 0 Å². The van der Waals surface area contributed by atoms with Gasteiger partial charge in [-0.1, -0.05) is 26.0 Å². The molecule has 2 amide bonds. The number of aliphatic hydroxyl groups is 1. The summed E-state index contributed by atoms with van der Waals surface area (Å²) in [4.78, 5) is 35.0. The Morgan fingerprint density at radius 3 is 2.66 bits per heavy atom. The van der Waals surface area contributed by atoms with E-state index in [0.29, 0.717) is 13.0 Å². The van der Waals surface area contributed by atoms with Gasteiger partial charge in [-0.05, 0) is 49.4 Å². The Kier molecular flexibility index (Phi) is 6.17. The third kappa shape index (κ3) is 4.24. The topological polar surface area (TPSA) is 92.7 Å². The molecule has 0 aromatic rings. The largest absolute Gasteiger partial charge is 0.465 e. The van der Waals surface area contributed by atoms with Crippen LogP contribution in [-0.2, 0) is 19.1 Å². The molecule has 2 saturated carbocycles. The van der Waals surface area contributed by atoms with Crippen molar-refractivity contribution in [2.45, 2.75) is 70.8 Å². The summed E-state index contributed by atoms with van der Waals surface area (Å²) in [7, 11) is 0. The maximum Gasteiger partial charge on any atom is 0.302 e. The fourth-order valence-corrected chi connectivity index (χ4v) is 7.01. The molecule has 1 saturated heterocycles. The molecule has 3 rings (SSSR count). The van der Waals surface area contributed by atoms with Crippen LogP contribution in [0.3, 0.4) is 0 Å². The zero-order chi connectivity index (χ0) is 21.6. The van der Waals surface area contributed by atoms with Crippen molar-refractivity contribution in [3.05, 3.63) is 12.2 Å². The first-order valence-electron chi connectivity index (χ1n) is 10.4. The summed E-state index contributed by atoms with van der Waals surface area (Å²) in [5, 5.41) is 13.0. The zero-order valence-electron chi connectivity index (χ0n) is 17.5. The number of allylic oxidation sites excluding steroid dienone is 1. The van der Waals surface area contributed by atoms with E-state index in [1.165, 1.54) is 6.92 Å². The zero-order valence-corrected chi connectivity index (χ0v) is 18.3. The first kappa shape index (κ1) is 22.3. The SMILES string of the molecule is C=C1CCC2C(C)(COC(C)=O)CC(Cl)CC2(C)C1CC(O)C1CC(=O)NC1=O. The van der Waals surface area contributed by atoms with Crippen molar-refractivity contribution in [2.75, 3.05) is 6.61 Å².